The van der Waals surface area contributed by atoms with Gasteiger partial charge in [-0.3, -0.25) is 9.48 Å². The Morgan fingerprint density at radius 3 is 2.85 bits per heavy atom. The Labute approximate surface area is 163 Å². The Morgan fingerprint density at radius 1 is 1.38 bits per heavy atom. The quantitative estimate of drug-likeness (QED) is 0.865. The van der Waals surface area contributed by atoms with E-state index in [0.717, 1.165) is 31.5 Å². The molecule has 0 aliphatic carbocycles. The molecule has 26 heavy (non-hydrogen) atoms. The van der Waals surface area contributed by atoms with Crippen molar-refractivity contribution < 1.29 is 9.53 Å². The zero-order valence-corrected chi connectivity index (χ0v) is 16.5. The summed E-state index contributed by atoms with van der Waals surface area (Å²) in [7, 11) is 0. The number of nitrogens with one attached hydrogen (secondary N) is 1. The number of ether oxygens (including phenoxy) is 1. The van der Waals surface area contributed by atoms with E-state index >= 15 is 0 Å². The predicted molar refractivity (Wildman–Crippen MR) is 104 cm³/mol. The number of aromatic nitrogens is 2. The molecule has 1 amide bonds. The van der Waals surface area contributed by atoms with Gasteiger partial charge in [0.1, 0.15) is 11.6 Å². The molecule has 0 radical (unpaired) electrons. The molecule has 2 fully saturated rings. The van der Waals surface area contributed by atoms with Gasteiger partial charge in [-0.15, -0.1) is 12.4 Å². The van der Waals surface area contributed by atoms with E-state index in [4.69, 9.17) is 4.74 Å². The van der Waals surface area contributed by atoms with Crippen LogP contribution in [0.4, 0.5) is 0 Å². The molecule has 2 unspecified atom stereocenters. The Morgan fingerprint density at radius 2 is 2.19 bits per heavy atom. The minimum Gasteiger partial charge on any atom is -0.367 e. The van der Waals surface area contributed by atoms with Crippen LogP contribution < -0.4 is 5.32 Å². The van der Waals surface area contributed by atoms with Crippen LogP contribution in [-0.4, -0.2) is 52.9 Å². The average molecular weight is 397 g/mol. The molecule has 4 rings (SSSR count). The van der Waals surface area contributed by atoms with Gasteiger partial charge in [-0.05, 0) is 61.3 Å². The second-order valence-corrected chi connectivity index (χ2v) is 7.71. The van der Waals surface area contributed by atoms with Crippen LogP contribution in [0, 0.1) is 0 Å². The summed E-state index contributed by atoms with van der Waals surface area (Å²) in [5.74, 6) is 0.174. The van der Waals surface area contributed by atoms with Crippen molar-refractivity contribution in [2.45, 2.75) is 37.5 Å². The van der Waals surface area contributed by atoms with Crippen molar-refractivity contribution in [2.24, 2.45) is 0 Å². The molecule has 2 aliphatic heterocycles. The van der Waals surface area contributed by atoms with Gasteiger partial charge in [0.05, 0.1) is 12.6 Å². The van der Waals surface area contributed by atoms with Gasteiger partial charge in [0.2, 0.25) is 0 Å². The number of hydrogen-bond donors (Lipinski definition) is 1. The molecule has 2 atom stereocenters. The smallest absolute Gasteiger partial charge is 0.250 e. The fourth-order valence-electron chi connectivity index (χ4n) is 3.96. The van der Waals surface area contributed by atoms with E-state index in [1.807, 2.05) is 28.8 Å². The lowest BCUT2D eigenvalue weighted by atomic mass is 9.86. The summed E-state index contributed by atoms with van der Waals surface area (Å²) in [6, 6.07) is 3.98. The number of nitrogens with zero attached hydrogens (tertiary/aromatic N) is 3. The van der Waals surface area contributed by atoms with Crippen molar-refractivity contribution in [2.75, 3.05) is 26.2 Å². The van der Waals surface area contributed by atoms with Crippen LogP contribution in [-0.2, 0) is 15.1 Å². The van der Waals surface area contributed by atoms with Crippen molar-refractivity contribution >= 4 is 29.7 Å². The number of morpholine rings is 1. The van der Waals surface area contributed by atoms with Crippen LogP contribution in [0.1, 0.15) is 31.4 Å². The second-order valence-electron chi connectivity index (χ2n) is 6.93. The molecule has 2 aromatic heterocycles. The van der Waals surface area contributed by atoms with E-state index in [-0.39, 0.29) is 30.5 Å². The molecule has 0 saturated carbocycles. The normalized spacial score (nSPS) is 25.5. The summed E-state index contributed by atoms with van der Waals surface area (Å²) >= 11 is 1.66. The lowest BCUT2D eigenvalue weighted by molar-refractivity contribution is -0.156. The highest BCUT2D eigenvalue weighted by Crippen LogP contribution is 2.33. The maximum Gasteiger partial charge on any atom is 0.250 e. The zero-order valence-electron chi connectivity index (χ0n) is 14.8. The minimum absolute atomic E-state index is 0. The van der Waals surface area contributed by atoms with Crippen LogP contribution in [0.5, 0.6) is 0 Å². The highest BCUT2D eigenvalue weighted by molar-refractivity contribution is 7.07. The van der Waals surface area contributed by atoms with Crippen LogP contribution in [0.2, 0.25) is 0 Å². The Kier molecular flexibility index (Phi) is 6.02. The highest BCUT2D eigenvalue weighted by Gasteiger charge is 2.46. The first-order valence-corrected chi connectivity index (χ1v) is 9.81. The van der Waals surface area contributed by atoms with Crippen LogP contribution >= 0.6 is 23.7 Å². The van der Waals surface area contributed by atoms with Crippen LogP contribution in [0.25, 0.3) is 0 Å². The number of piperidine rings is 1. The molecule has 142 valence electrons. The van der Waals surface area contributed by atoms with E-state index in [0.29, 0.717) is 13.1 Å². The third-order valence-electron chi connectivity index (χ3n) is 5.23. The van der Waals surface area contributed by atoms with Gasteiger partial charge >= 0.3 is 0 Å². The summed E-state index contributed by atoms with van der Waals surface area (Å²) < 4.78 is 7.97. The van der Waals surface area contributed by atoms with Gasteiger partial charge in [0.25, 0.3) is 5.91 Å². The van der Waals surface area contributed by atoms with Gasteiger partial charge < -0.3 is 15.0 Å². The Balaban J connectivity index is 0.00000196. The van der Waals surface area contributed by atoms with Gasteiger partial charge in [0, 0.05) is 18.9 Å². The fourth-order valence-corrected chi connectivity index (χ4v) is 4.66. The summed E-state index contributed by atoms with van der Waals surface area (Å²) in [5.41, 5.74) is 0.582. The molecule has 4 heterocycles. The first kappa shape index (κ1) is 19.4. The maximum atomic E-state index is 13.6. The standard InChI is InChI=1S/C18H24N4O2S.ClH/c1-14-11-21(12-16(24-14)15-3-10-25-13-15)17(23)18(4-7-19-8-5-18)22-9-2-6-20-22;/h2-3,6,9-10,13-14,16,19H,4-5,7-8,11-12H2,1H3;1H. The molecule has 2 aliphatic rings. The van der Waals surface area contributed by atoms with Crippen molar-refractivity contribution in [3.05, 3.63) is 40.8 Å². The van der Waals surface area contributed by atoms with Crippen molar-refractivity contribution in [1.29, 1.82) is 0 Å². The van der Waals surface area contributed by atoms with Crippen LogP contribution in [0.3, 0.4) is 0 Å². The van der Waals surface area contributed by atoms with E-state index in [2.05, 4.69) is 27.2 Å². The SMILES string of the molecule is CC1CN(C(=O)C2(n3cccn3)CCNCC2)CC(c2ccsc2)O1.Cl. The lowest BCUT2D eigenvalue weighted by Gasteiger charge is -2.44. The predicted octanol–water partition coefficient (Wildman–Crippen LogP) is 2.43. The van der Waals surface area contributed by atoms with Crippen LogP contribution in [0.15, 0.2) is 35.3 Å². The van der Waals surface area contributed by atoms with Gasteiger partial charge in [-0.2, -0.15) is 16.4 Å². The highest BCUT2D eigenvalue weighted by atomic mass is 35.5. The van der Waals surface area contributed by atoms with Gasteiger partial charge in [-0.1, -0.05) is 0 Å². The summed E-state index contributed by atoms with van der Waals surface area (Å²) in [4.78, 5) is 15.6. The van der Waals surface area contributed by atoms with E-state index in [1.54, 1.807) is 17.5 Å². The largest absolute Gasteiger partial charge is 0.367 e. The molecule has 0 bridgehead atoms. The topological polar surface area (TPSA) is 59.4 Å². The van der Waals surface area contributed by atoms with E-state index in [1.165, 1.54) is 0 Å². The van der Waals surface area contributed by atoms with Gasteiger partial charge in [0.15, 0.2) is 0 Å². The number of carbonyl (C=O) groups excluding carboxylic acids is 1. The molecule has 8 heteroatoms. The number of halogens is 1. The second kappa shape index (κ2) is 8.08. The van der Waals surface area contributed by atoms with E-state index < -0.39 is 5.54 Å². The Hall–Kier alpha value is -1.41. The molecule has 0 aromatic carbocycles. The first-order chi connectivity index (χ1) is 12.2. The third kappa shape index (κ3) is 3.53. The maximum absolute atomic E-state index is 13.6. The van der Waals surface area contributed by atoms with Gasteiger partial charge in [-0.25, -0.2) is 0 Å². The average Bonchev–Trinajstić information content (AvgIpc) is 3.35. The van der Waals surface area contributed by atoms with Crippen molar-refractivity contribution in [3.8, 4) is 0 Å². The molecule has 1 N–H and O–H groups in total. The van der Waals surface area contributed by atoms with E-state index in [9.17, 15) is 4.79 Å². The molecule has 6 nitrogen and oxygen atoms in total. The first-order valence-electron chi connectivity index (χ1n) is 8.87. The zero-order chi connectivity index (χ0) is 17.3. The summed E-state index contributed by atoms with van der Waals surface area (Å²) in [6.07, 6.45) is 5.19. The fraction of sp³-hybridized carbons (Fsp3) is 0.556. The monoisotopic (exact) mass is 396 g/mol. The summed E-state index contributed by atoms with van der Waals surface area (Å²) in [5, 5.41) is 12.0. The number of hydrogen-bond acceptors (Lipinski definition) is 5. The number of carbonyl (C=O) groups is 1. The molecule has 2 saturated heterocycles. The number of thiophene rings is 1. The minimum atomic E-state index is -0.578. The Bertz CT molecular complexity index is 701. The van der Waals surface area contributed by atoms with Crippen molar-refractivity contribution in [3.63, 3.8) is 0 Å². The molecule has 2 aromatic rings. The lowest BCUT2D eigenvalue weighted by Crippen LogP contribution is -2.58. The van der Waals surface area contributed by atoms with Crippen molar-refractivity contribution in [1.82, 2.24) is 20.0 Å². The molecular formula is C18H25ClN4O2S. The molecule has 0 spiro atoms. The summed E-state index contributed by atoms with van der Waals surface area (Å²) in [6.45, 7) is 4.95. The molecular weight excluding hydrogens is 372 g/mol. The number of amides is 1. The third-order valence-corrected chi connectivity index (χ3v) is 5.94. The number of rotatable bonds is 3.